The molecule has 0 aliphatic heterocycles. The van der Waals surface area contributed by atoms with Gasteiger partial charge in [-0.25, -0.2) is 9.36 Å². The van der Waals surface area contributed by atoms with Gasteiger partial charge in [-0.2, -0.15) is 0 Å². The lowest BCUT2D eigenvalue weighted by molar-refractivity contribution is -0.136. The lowest BCUT2D eigenvalue weighted by atomic mass is 10.3. The second-order valence-electron chi connectivity index (χ2n) is 2.42. The first-order chi connectivity index (χ1) is 7.33. The highest BCUT2D eigenvalue weighted by Gasteiger charge is 2.27. The van der Waals surface area contributed by atoms with Crippen LogP contribution in [0, 0.1) is 0 Å². The standard InChI is InChI=1S/C7H11O8P/c1-13-16(12,14-2)15-5(3-6(8)9)4-7(10)11/h3H,4H2,1-2H3,(H,8,9)(H,10,11). The van der Waals surface area contributed by atoms with Gasteiger partial charge in [-0.3, -0.25) is 13.8 Å². The Morgan fingerprint density at radius 3 is 2.06 bits per heavy atom. The molecule has 0 spiro atoms. The minimum Gasteiger partial charge on any atom is -0.481 e. The summed E-state index contributed by atoms with van der Waals surface area (Å²) in [7, 11) is -1.91. The summed E-state index contributed by atoms with van der Waals surface area (Å²) in [4.78, 5) is 20.7. The fourth-order valence-corrected chi connectivity index (χ4v) is 1.39. The number of carboxylic acids is 2. The van der Waals surface area contributed by atoms with Gasteiger partial charge in [0, 0.05) is 14.2 Å². The molecule has 0 aromatic heterocycles. The molecular weight excluding hydrogens is 243 g/mol. The van der Waals surface area contributed by atoms with Gasteiger partial charge in [0.05, 0.1) is 6.08 Å². The highest BCUT2D eigenvalue weighted by Crippen LogP contribution is 2.50. The average molecular weight is 254 g/mol. The molecule has 0 bridgehead atoms. The first-order valence-electron chi connectivity index (χ1n) is 3.89. The molecule has 0 aromatic carbocycles. The third-order valence-electron chi connectivity index (χ3n) is 1.29. The number of carbonyl (C=O) groups is 2. The zero-order valence-electron chi connectivity index (χ0n) is 8.58. The molecule has 0 unspecified atom stereocenters. The summed E-state index contributed by atoms with van der Waals surface area (Å²) >= 11 is 0. The number of hydrogen-bond acceptors (Lipinski definition) is 6. The van der Waals surface area contributed by atoms with Gasteiger partial charge in [0.2, 0.25) is 0 Å². The van der Waals surface area contributed by atoms with E-state index in [-0.39, 0.29) is 0 Å². The minimum absolute atomic E-state index is 0.471. The largest absolute Gasteiger partial charge is 0.529 e. The first kappa shape index (κ1) is 14.6. The van der Waals surface area contributed by atoms with Gasteiger partial charge in [-0.05, 0) is 0 Å². The van der Waals surface area contributed by atoms with Gasteiger partial charge in [0.15, 0.2) is 0 Å². The second-order valence-corrected chi connectivity index (χ2v) is 4.23. The molecule has 0 amide bonds. The molecule has 0 aliphatic rings. The van der Waals surface area contributed by atoms with Crippen LogP contribution in [-0.2, 0) is 27.7 Å². The van der Waals surface area contributed by atoms with Crippen LogP contribution in [0.4, 0.5) is 0 Å². The Kier molecular flexibility index (Phi) is 5.73. The van der Waals surface area contributed by atoms with Gasteiger partial charge in [0.1, 0.15) is 12.2 Å². The molecule has 0 saturated heterocycles. The molecule has 0 rings (SSSR count). The Bertz CT molecular complexity index is 338. The van der Waals surface area contributed by atoms with E-state index in [1.54, 1.807) is 0 Å². The van der Waals surface area contributed by atoms with Crippen molar-refractivity contribution in [2.24, 2.45) is 0 Å². The maximum Gasteiger partial charge on any atom is 0.529 e. The highest BCUT2D eigenvalue weighted by atomic mass is 31.2. The van der Waals surface area contributed by atoms with E-state index in [0.717, 1.165) is 14.2 Å². The Labute approximate surface area is 91.0 Å². The van der Waals surface area contributed by atoms with E-state index in [2.05, 4.69) is 13.6 Å². The maximum atomic E-state index is 11.4. The van der Waals surface area contributed by atoms with Crippen molar-refractivity contribution in [1.82, 2.24) is 0 Å². The molecule has 0 fully saturated rings. The van der Waals surface area contributed by atoms with Crippen LogP contribution in [0.15, 0.2) is 11.8 Å². The minimum atomic E-state index is -3.94. The van der Waals surface area contributed by atoms with Crippen LogP contribution in [0.3, 0.4) is 0 Å². The lowest BCUT2D eigenvalue weighted by Gasteiger charge is -2.15. The summed E-state index contributed by atoms with van der Waals surface area (Å²) in [5.41, 5.74) is 0. The molecule has 0 atom stereocenters. The number of rotatable bonds is 7. The molecule has 16 heavy (non-hydrogen) atoms. The number of hydrogen-bond donors (Lipinski definition) is 2. The van der Waals surface area contributed by atoms with Crippen molar-refractivity contribution in [3.63, 3.8) is 0 Å². The van der Waals surface area contributed by atoms with Crippen LogP contribution in [0.5, 0.6) is 0 Å². The molecule has 2 N–H and O–H groups in total. The summed E-state index contributed by atoms with van der Waals surface area (Å²) in [6.07, 6.45) is -0.276. The zero-order valence-corrected chi connectivity index (χ0v) is 9.47. The summed E-state index contributed by atoms with van der Waals surface area (Å²) in [6.45, 7) is 0. The Hall–Kier alpha value is -1.37. The van der Waals surface area contributed by atoms with Gasteiger partial charge < -0.3 is 14.7 Å². The van der Waals surface area contributed by atoms with Crippen molar-refractivity contribution in [2.45, 2.75) is 6.42 Å². The normalized spacial score (nSPS) is 12.2. The predicted octanol–water partition coefficient (Wildman–Crippen LogP) is 0.847. The van der Waals surface area contributed by atoms with Crippen LogP contribution < -0.4 is 0 Å². The smallest absolute Gasteiger partial charge is 0.481 e. The third kappa shape index (κ3) is 5.50. The van der Waals surface area contributed by atoms with E-state index in [1.165, 1.54) is 0 Å². The average Bonchev–Trinajstić information content (AvgIpc) is 2.15. The van der Waals surface area contributed by atoms with Gasteiger partial charge in [-0.15, -0.1) is 0 Å². The SMILES string of the molecule is COP(=O)(OC)OC(=CC(=O)O)CC(=O)O. The molecule has 0 saturated carbocycles. The molecule has 9 heteroatoms. The Morgan fingerprint density at radius 1 is 1.25 bits per heavy atom. The topological polar surface area (TPSA) is 119 Å². The van der Waals surface area contributed by atoms with E-state index < -0.39 is 31.9 Å². The predicted molar refractivity (Wildman–Crippen MR) is 50.7 cm³/mol. The number of aliphatic carboxylic acids is 2. The van der Waals surface area contributed by atoms with Crippen LogP contribution in [0.1, 0.15) is 6.42 Å². The van der Waals surface area contributed by atoms with E-state index in [4.69, 9.17) is 10.2 Å². The maximum absolute atomic E-state index is 11.4. The van der Waals surface area contributed by atoms with Gasteiger partial charge >= 0.3 is 19.8 Å². The summed E-state index contributed by atoms with van der Waals surface area (Å²) in [5, 5.41) is 16.9. The molecular formula is C7H11O8P. The molecule has 92 valence electrons. The summed E-state index contributed by atoms with van der Waals surface area (Å²) < 4.78 is 24.7. The van der Waals surface area contributed by atoms with Crippen LogP contribution in [0.2, 0.25) is 0 Å². The van der Waals surface area contributed by atoms with E-state index in [0.29, 0.717) is 6.08 Å². The molecule has 0 aromatic rings. The van der Waals surface area contributed by atoms with E-state index in [1.807, 2.05) is 0 Å². The van der Waals surface area contributed by atoms with Crippen molar-refractivity contribution < 1.29 is 37.9 Å². The third-order valence-corrected chi connectivity index (χ3v) is 2.64. The summed E-state index contributed by atoms with van der Waals surface area (Å²) in [5.74, 6) is -3.31. The van der Waals surface area contributed by atoms with Crippen molar-refractivity contribution in [3.8, 4) is 0 Å². The quantitative estimate of drug-likeness (QED) is 0.389. The van der Waals surface area contributed by atoms with Gasteiger partial charge in [-0.1, -0.05) is 0 Å². The first-order valence-corrected chi connectivity index (χ1v) is 5.35. The summed E-state index contributed by atoms with van der Waals surface area (Å²) in [6, 6.07) is 0. The molecule has 0 radical (unpaired) electrons. The van der Waals surface area contributed by atoms with E-state index in [9.17, 15) is 14.2 Å². The zero-order chi connectivity index (χ0) is 12.8. The molecule has 8 nitrogen and oxygen atoms in total. The fourth-order valence-electron chi connectivity index (χ4n) is 0.689. The Morgan fingerprint density at radius 2 is 1.75 bits per heavy atom. The molecule has 0 heterocycles. The van der Waals surface area contributed by atoms with Gasteiger partial charge in [0.25, 0.3) is 0 Å². The van der Waals surface area contributed by atoms with Crippen LogP contribution in [-0.4, -0.2) is 36.4 Å². The highest BCUT2D eigenvalue weighted by molar-refractivity contribution is 7.48. The number of phosphoric acid groups is 1. The van der Waals surface area contributed by atoms with Crippen LogP contribution in [0.25, 0.3) is 0 Å². The van der Waals surface area contributed by atoms with Crippen molar-refractivity contribution >= 4 is 19.8 Å². The van der Waals surface area contributed by atoms with Crippen molar-refractivity contribution in [3.05, 3.63) is 11.8 Å². The second kappa shape index (κ2) is 6.26. The monoisotopic (exact) mass is 254 g/mol. The number of carboxylic acid groups (broad SMARTS) is 2. The van der Waals surface area contributed by atoms with Crippen molar-refractivity contribution in [1.29, 1.82) is 0 Å². The number of phosphoric ester groups is 1. The Balaban J connectivity index is 4.86. The van der Waals surface area contributed by atoms with Crippen LogP contribution >= 0.6 is 7.82 Å². The van der Waals surface area contributed by atoms with E-state index >= 15 is 0 Å². The fraction of sp³-hybridized carbons (Fsp3) is 0.429. The van der Waals surface area contributed by atoms with Crippen molar-refractivity contribution in [2.75, 3.05) is 14.2 Å². The lowest BCUT2D eigenvalue weighted by Crippen LogP contribution is -2.04. The molecule has 0 aliphatic carbocycles.